The fourth-order valence-electron chi connectivity index (χ4n) is 2.49. The van der Waals surface area contributed by atoms with Gasteiger partial charge in [-0.2, -0.15) is 0 Å². The molecule has 0 saturated carbocycles. The second-order valence-corrected chi connectivity index (χ2v) is 6.48. The molecular weight excluding hydrogens is 327 g/mol. The van der Waals surface area contributed by atoms with E-state index in [1.165, 1.54) is 51.4 Å². The molecular formula is C20H38NaO4. The summed E-state index contributed by atoms with van der Waals surface area (Å²) < 4.78 is 10.3. The maximum absolute atomic E-state index is 11.5. The van der Waals surface area contributed by atoms with Gasteiger partial charge in [0.25, 0.3) is 0 Å². The predicted octanol–water partition coefficient (Wildman–Crippen LogP) is 5.19. The standard InChI is InChI=1S/C20H38O4.Na/c1-3-5-7-9-11-13-17-23-19(21)15-16-20(22)24-18-14-12-10-8-6-4-2;/h3-18H2,1-2H3;. The molecule has 0 spiro atoms. The van der Waals surface area contributed by atoms with Crippen molar-refractivity contribution in [3.8, 4) is 0 Å². The van der Waals surface area contributed by atoms with Crippen LogP contribution in [0.25, 0.3) is 0 Å². The molecule has 0 bridgehead atoms. The van der Waals surface area contributed by atoms with Gasteiger partial charge in [-0.05, 0) is 12.8 Å². The van der Waals surface area contributed by atoms with E-state index in [-0.39, 0.29) is 54.3 Å². The van der Waals surface area contributed by atoms with E-state index in [0.29, 0.717) is 13.2 Å². The summed E-state index contributed by atoms with van der Waals surface area (Å²) in [5.41, 5.74) is 0. The Hall–Kier alpha value is -0.0600. The topological polar surface area (TPSA) is 52.6 Å². The molecule has 0 amide bonds. The van der Waals surface area contributed by atoms with Crippen LogP contribution in [0.1, 0.15) is 104 Å². The van der Waals surface area contributed by atoms with Crippen LogP contribution in [0.15, 0.2) is 0 Å². The van der Waals surface area contributed by atoms with E-state index in [2.05, 4.69) is 13.8 Å². The second kappa shape index (κ2) is 22.0. The maximum atomic E-state index is 11.5. The normalized spacial score (nSPS) is 10.2. The minimum Gasteiger partial charge on any atom is -0.466 e. The number of unbranched alkanes of at least 4 members (excludes halogenated alkanes) is 10. The van der Waals surface area contributed by atoms with Gasteiger partial charge in [0.2, 0.25) is 0 Å². The van der Waals surface area contributed by atoms with E-state index in [4.69, 9.17) is 9.47 Å². The molecule has 0 aromatic rings. The first kappa shape index (κ1) is 27.2. The van der Waals surface area contributed by atoms with Crippen LogP contribution in [0.5, 0.6) is 0 Å². The van der Waals surface area contributed by atoms with Crippen molar-refractivity contribution >= 4 is 41.5 Å². The average Bonchev–Trinajstić information content (AvgIpc) is 2.58. The van der Waals surface area contributed by atoms with Crippen molar-refractivity contribution in [3.63, 3.8) is 0 Å². The molecule has 0 aliphatic rings. The molecule has 5 heteroatoms. The van der Waals surface area contributed by atoms with Crippen LogP contribution >= 0.6 is 0 Å². The Bertz CT molecular complexity index is 278. The zero-order valence-electron chi connectivity index (χ0n) is 16.9. The molecule has 4 nitrogen and oxygen atoms in total. The number of rotatable bonds is 17. The Balaban J connectivity index is 0. The smallest absolute Gasteiger partial charge is 0.306 e. The van der Waals surface area contributed by atoms with E-state index in [1.807, 2.05) is 0 Å². The average molecular weight is 366 g/mol. The summed E-state index contributed by atoms with van der Waals surface area (Å²) in [4.78, 5) is 23.1. The first-order chi connectivity index (χ1) is 11.7. The van der Waals surface area contributed by atoms with Gasteiger partial charge >= 0.3 is 11.9 Å². The largest absolute Gasteiger partial charge is 0.466 e. The minimum absolute atomic E-state index is 0. The molecule has 0 aromatic heterocycles. The van der Waals surface area contributed by atoms with Crippen molar-refractivity contribution in [2.75, 3.05) is 13.2 Å². The third-order valence-electron chi connectivity index (χ3n) is 4.06. The minimum atomic E-state index is -0.292. The van der Waals surface area contributed by atoms with Crippen molar-refractivity contribution in [2.24, 2.45) is 0 Å². The molecule has 0 heterocycles. The first-order valence-electron chi connectivity index (χ1n) is 10.0. The molecule has 0 unspecified atom stereocenters. The Morgan fingerprint density at radius 2 is 0.880 bits per heavy atom. The van der Waals surface area contributed by atoms with E-state index in [1.54, 1.807) is 0 Å². The third-order valence-corrected chi connectivity index (χ3v) is 4.06. The quantitative estimate of drug-likeness (QED) is 0.202. The summed E-state index contributed by atoms with van der Waals surface area (Å²) in [5.74, 6) is -0.583. The van der Waals surface area contributed by atoms with Crippen LogP contribution in [0.3, 0.4) is 0 Å². The van der Waals surface area contributed by atoms with Gasteiger partial charge in [-0.1, -0.05) is 78.1 Å². The van der Waals surface area contributed by atoms with E-state index >= 15 is 0 Å². The maximum Gasteiger partial charge on any atom is 0.306 e. The zero-order valence-corrected chi connectivity index (χ0v) is 18.9. The monoisotopic (exact) mass is 365 g/mol. The SMILES string of the molecule is CCCCCCCCOC(=O)CCC(=O)OCCCCCCCC.[Na]. The summed E-state index contributed by atoms with van der Waals surface area (Å²) in [5, 5.41) is 0. The summed E-state index contributed by atoms with van der Waals surface area (Å²) >= 11 is 0. The zero-order chi connectivity index (χ0) is 17.9. The molecule has 1 radical (unpaired) electrons. The molecule has 25 heavy (non-hydrogen) atoms. The molecule has 0 atom stereocenters. The number of carbonyl (C=O) groups is 2. The number of esters is 2. The summed E-state index contributed by atoms with van der Waals surface area (Å²) in [6.45, 7) is 5.33. The van der Waals surface area contributed by atoms with Gasteiger partial charge in [-0.25, -0.2) is 0 Å². The van der Waals surface area contributed by atoms with Gasteiger partial charge in [0.15, 0.2) is 0 Å². The van der Waals surface area contributed by atoms with Crippen LogP contribution < -0.4 is 0 Å². The molecule has 0 aliphatic heterocycles. The van der Waals surface area contributed by atoms with Crippen LogP contribution in [0.2, 0.25) is 0 Å². The second-order valence-electron chi connectivity index (χ2n) is 6.48. The van der Waals surface area contributed by atoms with E-state index in [0.717, 1.165) is 25.7 Å². The molecule has 0 aromatic carbocycles. The van der Waals surface area contributed by atoms with Crippen LogP contribution in [-0.2, 0) is 19.1 Å². The summed E-state index contributed by atoms with van der Waals surface area (Å²) in [6.07, 6.45) is 14.3. The van der Waals surface area contributed by atoms with Gasteiger partial charge in [-0.15, -0.1) is 0 Å². The van der Waals surface area contributed by atoms with Gasteiger partial charge in [-0.3, -0.25) is 9.59 Å². The number of carbonyl (C=O) groups excluding carboxylic acids is 2. The Morgan fingerprint density at radius 3 is 1.24 bits per heavy atom. The molecule has 0 fully saturated rings. The third kappa shape index (κ3) is 21.9. The van der Waals surface area contributed by atoms with Gasteiger partial charge in [0, 0.05) is 29.6 Å². The first-order valence-corrected chi connectivity index (χ1v) is 10.0. The Labute approximate surface area is 177 Å². The van der Waals surface area contributed by atoms with Crippen LogP contribution in [-0.4, -0.2) is 54.7 Å². The summed E-state index contributed by atoms with van der Waals surface area (Å²) in [6, 6.07) is 0. The van der Waals surface area contributed by atoms with E-state index < -0.39 is 0 Å². The number of ether oxygens (including phenoxy) is 2. The molecule has 0 aliphatic carbocycles. The molecule has 0 saturated heterocycles. The summed E-state index contributed by atoms with van der Waals surface area (Å²) in [7, 11) is 0. The van der Waals surface area contributed by atoms with Gasteiger partial charge in [0.1, 0.15) is 0 Å². The van der Waals surface area contributed by atoms with Crippen LogP contribution in [0, 0.1) is 0 Å². The fraction of sp³-hybridized carbons (Fsp3) is 0.900. The van der Waals surface area contributed by atoms with Crippen LogP contribution in [0.4, 0.5) is 0 Å². The predicted molar refractivity (Wildman–Crippen MR) is 104 cm³/mol. The molecule has 0 N–H and O–H groups in total. The fourth-order valence-corrected chi connectivity index (χ4v) is 2.49. The molecule has 143 valence electrons. The van der Waals surface area contributed by atoms with Crippen molar-refractivity contribution in [2.45, 2.75) is 104 Å². The van der Waals surface area contributed by atoms with Crippen molar-refractivity contribution in [1.29, 1.82) is 0 Å². The number of hydrogen-bond donors (Lipinski definition) is 0. The van der Waals surface area contributed by atoms with Gasteiger partial charge < -0.3 is 9.47 Å². The van der Waals surface area contributed by atoms with Crippen molar-refractivity contribution < 1.29 is 19.1 Å². The van der Waals surface area contributed by atoms with Crippen molar-refractivity contribution in [1.82, 2.24) is 0 Å². The Kier molecular flexibility index (Phi) is 23.9. The molecule has 0 rings (SSSR count). The Morgan fingerprint density at radius 1 is 0.560 bits per heavy atom. The van der Waals surface area contributed by atoms with Crippen molar-refractivity contribution in [3.05, 3.63) is 0 Å². The van der Waals surface area contributed by atoms with E-state index in [9.17, 15) is 9.59 Å². The number of hydrogen-bond acceptors (Lipinski definition) is 4. The van der Waals surface area contributed by atoms with Gasteiger partial charge in [0.05, 0.1) is 26.1 Å².